The predicted molar refractivity (Wildman–Crippen MR) is 103 cm³/mol. The molecule has 0 amide bonds. The topological polar surface area (TPSA) is 36.5 Å². The molecule has 0 aliphatic carbocycles. The van der Waals surface area contributed by atoms with Gasteiger partial charge in [0.2, 0.25) is 0 Å². The first-order valence-corrected chi connectivity index (χ1v) is 8.47. The second kappa shape index (κ2) is 9.34. The van der Waals surface area contributed by atoms with E-state index in [0.717, 1.165) is 16.9 Å². The summed E-state index contributed by atoms with van der Waals surface area (Å²) in [6.45, 7) is 1.19. The van der Waals surface area contributed by atoms with E-state index in [-0.39, 0.29) is 11.9 Å². The lowest BCUT2D eigenvalue weighted by atomic mass is 10.0. The van der Waals surface area contributed by atoms with Gasteiger partial charge in [-0.3, -0.25) is 0 Å². The highest BCUT2D eigenvalue weighted by Gasteiger charge is 2.18. The highest BCUT2D eigenvalue weighted by atomic mass is 32.1. The summed E-state index contributed by atoms with van der Waals surface area (Å²) < 4.78 is 18.4. The smallest absolute Gasteiger partial charge is 0.166 e. The van der Waals surface area contributed by atoms with Crippen LogP contribution in [0.25, 0.3) is 0 Å². The zero-order valence-electron chi connectivity index (χ0n) is 14.8. The molecule has 0 heterocycles. The Morgan fingerprint density at radius 1 is 1.12 bits per heavy atom. The van der Waals surface area contributed by atoms with E-state index in [1.54, 1.807) is 19.2 Å². The number of methoxy groups -OCH3 is 1. The van der Waals surface area contributed by atoms with Gasteiger partial charge in [-0.05, 0) is 50.1 Å². The van der Waals surface area contributed by atoms with E-state index >= 15 is 0 Å². The van der Waals surface area contributed by atoms with Gasteiger partial charge in [0.25, 0.3) is 0 Å². The van der Waals surface area contributed by atoms with Crippen molar-refractivity contribution >= 4 is 17.3 Å². The van der Waals surface area contributed by atoms with E-state index in [9.17, 15) is 4.39 Å². The van der Waals surface area contributed by atoms with Crippen molar-refractivity contribution in [3.63, 3.8) is 0 Å². The lowest BCUT2D eigenvalue weighted by Crippen LogP contribution is -2.40. The quantitative estimate of drug-likeness (QED) is 0.741. The normalized spacial score (nSPS) is 11.9. The number of thiocarbonyl (C=S) groups is 1. The number of nitrogens with one attached hydrogen (secondary N) is 2. The number of likely N-dealkylation sites (N-methyl/N-ethyl adjacent to an activating group) is 1. The van der Waals surface area contributed by atoms with Gasteiger partial charge in [-0.15, -0.1) is 0 Å². The fraction of sp³-hybridized carbons (Fsp3) is 0.316. The van der Waals surface area contributed by atoms with Crippen molar-refractivity contribution in [2.24, 2.45) is 0 Å². The first kappa shape index (κ1) is 19.1. The summed E-state index contributed by atoms with van der Waals surface area (Å²) in [5.41, 5.74) is 2.07. The number of benzene rings is 2. The Balaban J connectivity index is 1.92. The molecule has 0 aliphatic rings. The SMILES string of the molecule is COc1ccccc1C(CNC(=S)NCc1ccc(F)cc1)N(C)C. The van der Waals surface area contributed by atoms with Crippen LogP contribution in [0.2, 0.25) is 0 Å². The maximum absolute atomic E-state index is 12.9. The molecule has 2 aromatic carbocycles. The van der Waals surface area contributed by atoms with Gasteiger partial charge in [0.1, 0.15) is 11.6 Å². The summed E-state index contributed by atoms with van der Waals surface area (Å²) >= 11 is 5.35. The van der Waals surface area contributed by atoms with Crippen LogP contribution in [0.3, 0.4) is 0 Å². The third-order valence-electron chi connectivity index (χ3n) is 3.94. The number of rotatable bonds is 7. The molecule has 1 unspecified atom stereocenters. The van der Waals surface area contributed by atoms with Crippen LogP contribution in [-0.4, -0.2) is 37.8 Å². The summed E-state index contributed by atoms with van der Waals surface area (Å²) in [5, 5.41) is 6.95. The minimum Gasteiger partial charge on any atom is -0.496 e. The van der Waals surface area contributed by atoms with Crippen LogP contribution in [0.5, 0.6) is 5.75 Å². The number of hydrogen-bond donors (Lipinski definition) is 2. The molecular weight excluding hydrogens is 337 g/mol. The van der Waals surface area contributed by atoms with Crippen molar-refractivity contribution in [1.29, 1.82) is 0 Å². The molecule has 2 aromatic rings. The fourth-order valence-corrected chi connectivity index (χ4v) is 2.70. The molecule has 2 N–H and O–H groups in total. The van der Waals surface area contributed by atoms with Crippen molar-refractivity contribution < 1.29 is 9.13 Å². The highest BCUT2D eigenvalue weighted by Crippen LogP contribution is 2.27. The molecule has 4 nitrogen and oxygen atoms in total. The van der Waals surface area contributed by atoms with Crippen LogP contribution >= 0.6 is 12.2 Å². The second-order valence-electron chi connectivity index (χ2n) is 5.91. The monoisotopic (exact) mass is 361 g/mol. The highest BCUT2D eigenvalue weighted by molar-refractivity contribution is 7.80. The van der Waals surface area contributed by atoms with E-state index in [1.165, 1.54) is 12.1 Å². The summed E-state index contributed by atoms with van der Waals surface area (Å²) in [6.07, 6.45) is 0. The van der Waals surface area contributed by atoms with Crippen LogP contribution in [0.4, 0.5) is 4.39 Å². The third kappa shape index (κ3) is 5.69. The van der Waals surface area contributed by atoms with Gasteiger partial charge in [0.15, 0.2) is 5.11 Å². The molecule has 0 radical (unpaired) electrons. The summed E-state index contributed by atoms with van der Waals surface area (Å²) in [4.78, 5) is 2.12. The van der Waals surface area contributed by atoms with Crippen LogP contribution in [0.15, 0.2) is 48.5 Å². The number of ether oxygens (including phenoxy) is 1. The Kier molecular flexibility index (Phi) is 7.16. The zero-order valence-corrected chi connectivity index (χ0v) is 15.6. The molecule has 134 valence electrons. The van der Waals surface area contributed by atoms with Crippen LogP contribution < -0.4 is 15.4 Å². The summed E-state index contributed by atoms with van der Waals surface area (Å²) in [7, 11) is 5.72. The molecule has 1 atom stereocenters. The number of para-hydroxylation sites is 1. The lowest BCUT2D eigenvalue weighted by molar-refractivity contribution is 0.288. The Morgan fingerprint density at radius 2 is 1.80 bits per heavy atom. The molecule has 0 bridgehead atoms. The molecule has 0 spiro atoms. The van der Waals surface area contributed by atoms with Crippen molar-refractivity contribution in [3.05, 3.63) is 65.5 Å². The lowest BCUT2D eigenvalue weighted by Gasteiger charge is -2.27. The van der Waals surface area contributed by atoms with Crippen LogP contribution in [-0.2, 0) is 6.54 Å². The molecule has 2 rings (SSSR count). The van der Waals surface area contributed by atoms with Crippen LogP contribution in [0.1, 0.15) is 17.2 Å². The third-order valence-corrected chi connectivity index (χ3v) is 4.23. The van der Waals surface area contributed by atoms with Gasteiger partial charge in [-0.25, -0.2) is 4.39 Å². The molecule has 6 heteroatoms. The molecule has 25 heavy (non-hydrogen) atoms. The Bertz CT molecular complexity index is 691. The predicted octanol–water partition coefficient (Wildman–Crippen LogP) is 3.10. The molecule has 0 aliphatic heterocycles. The molecule has 0 saturated heterocycles. The first-order chi connectivity index (χ1) is 12.0. The minimum atomic E-state index is -0.241. The Hall–Kier alpha value is -2.18. The largest absolute Gasteiger partial charge is 0.496 e. The van der Waals surface area contributed by atoms with Gasteiger partial charge in [0.05, 0.1) is 13.2 Å². The minimum absolute atomic E-state index is 0.113. The summed E-state index contributed by atoms with van der Waals surface area (Å²) in [5.74, 6) is 0.614. The number of halogens is 1. The number of nitrogens with zero attached hydrogens (tertiary/aromatic N) is 1. The standard InChI is InChI=1S/C19H24FN3OS/c1-23(2)17(16-6-4-5-7-18(16)24-3)13-22-19(25)21-12-14-8-10-15(20)11-9-14/h4-11,17H,12-13H2,1-3H3,(H2,21,22,25). The maximum atomic E-state index is 12.9. The Labute approximate surface area is 154 Å². The van der Waals surface area contributed by atoms with Gasteiger partial charge >= 0.3 is 0 Å². The van der Waals surface area contributed by atoms with E-state index in [1.807, 2.05) is 32.3 Å². The summed E-state index contributed by atoms with van der Waals surface area (Å²) in [6, 6.07) is 14.4. The van der Waals surface area contributed by atoms with Gasteiger partial charge < -0.3 is 20.3 Å². The molecule has 0 aromatic heterocycles. The molecule has 0 saturated carbocycles. The van der Waals surface area contributed by atoms with Gasteiger partial charge in [0, 0.05) is 18.7 Å². The second-order valence-corrected chi connectivity index (χ2v) is 6.32. The van der Waals surface area contributed by atoms with Gasteiger partial charge in [-0.1, -0.05) is 30.3 Å². The van der Waals surface area contributed by atoms with E-state index in [4.69, 9.17) is 17.0 Å². The molecular formula is C19H24FN3OS. The maximum Gasteiger partial charge on any atom is 0.166 e. The zero-order chi connectivity index (χ0) is 18.2. The van der Waals surface area contributed by atoms with E-state index in [2.05, 4.69) is 21.6 Å². The van der Waals surface area contributed by atoms with E-state index in [0.29, 0.717) is 18.2 Å². The van der Waals surface area contributed by atoms with Crippen molar-refractivity contribution in [2.75, 3.05) is 27.7 Å². The molecule has 0 fully saturated rings. The first-order valence-electron chi connectivity index (χ1n) is 8.06. The average molecular weight is 361 g/mol. The van der Waals surface area contributed by atoms with Crippen LogP contribution in [0, 0.1) is 5.82 Å². The van der Waals surface area contributed by atoms with Crippen molar-refractivity contribution in [2.45, 2.75) is 12.6 Å². The Morgan fingerprint density at radius 3 is 2.44 bits per heavy atom. The number of hydrogen-bond acceptors (Lipinski definition) is 3. The van der Waals surface area contributed by atoms with E-state index < -0.39 is 0 Å². The van der Waals surface area contributed by atoms with Crippen molar-refractivity contribution in [3.8, 4) is 5.75 Å². The fourth-order valence-electron chi connectivity index (χ4n) is 2.55. The average Bonchev–Trinajstić information content (AvgIpc) is 2.61. The van der Waals surface area contributed by atoms with Gasteiger partial charge in [-0.2, -0.15) is 0 Å². The van der Waals surface area contributed by atoms with Crippen molar-refractivity contribution in [1.82, 2.24) is 15.5 Å².